The first-order valence-electron chi connectivity index (χ1n) is 5.53. The van der Waals surface area contributed by atoms with Crippen LogP contribution in [0.25, 0.3) is 0 Å². The Morgan fingerprint density at radius 2 is 2.18 bits per heavy atom. The van der Waals surface area contributed by atoms with Crippen LogP contribution >= 0.6 is 0 Å². The molecule has 0 bridgehead atoms. The van der Waals surface area contributed by atoms with Crippen molar-refractivity contribution in [2.45, 2.75) is 26.4 Å². The van der Waals surface area contributed by atoms with E-state index in [1.54, 1.807) is 13.8 Å². The van der Waals surface area contributed by atoms with Gasteiger partial charge in [0.1, 0.15) is 5.82 Å². The predicted octanol–water partition coefficient (Wildman–Crippen LogP) is 2.37. The fourth-order valence-corrected chi connectivity index (χ4v) is 1.86. The van der Waals surface area contributed by atoms with Crippen LogP contribution in [-0.4, -0.2) is 18.2 Å². The van der Waals surface area contributed by atoms with Crippen molar-refractivity contribution in [3.63, 3.8) is 0 Å². The Morgan fingerprint density at radius 1 is 1.53 bits per heavy atom. The number of halogens is 1. The Balaban J connectivity index is 3.01. The summed E-state index contributed by atoms with van der Waals surface area (Å²) in [6.07, 6.45) is -0.502. The number of aryl methyl sites for hydroxylation is 1. The number of rotatable bonds is 4. The molecule has 0 aliphatic heterocycles. The second-order valence-electron chi connectivity index (χ2n) is 3.98. The molecule has 0 amide bonds. The second kappa shape index (κ2) is 5.77. The number of carbonyl (C=O) groups is 1. The van der Waals surface area contributed by atoms with Crippen molar-refractivity contribution < 1.29 is 19.0 Å². The Kier molecular flexibility index (Phi) is 4.63. The minimum atomic E-state index is -0.965. The first kappa shape index (κ1) is 13.6. The second-order valence-corrected chi connectivity index (χ2v) is 3.98. The molecule has 2 unspecified atom stereocenters. The standard InChI is InChI=1S/C13H17FO3/c1-4-10(13(16)17-3)12(15)11-6-5-9(14)7-8(11)2/h5-7,10,12,15H,4H2,1-3H3. The molecule has 1 rings (SSSR count). The van der Waals surface area contributed by atoms with Gasteiger partial charge in [0.15, 0.2) is 0 Å². The van der Waals surface area contributed by atoms with Crippen LogP contribution in [-0.2, 0) is 9.53 Å². The summed E-state index contributed by atoms with van der Waals surface area (Å²) in [6.45, 7) is 3.50. The summed E-state index contributed by atoms with van der Waals surface area (Å²) in [5.74, 6) is -1.43. The van der Waals surface area contributed by atoms with Gasteiger partial charge in [0.25, 0.3) is 0 Å². The number of aliphatic hydroxyl groups excluding tert-OH is 1. The molecule has 1 N–H and O–H groups in total. The summed E-state index contributed by atoms with van der Waals surface area (Å²) >= 11 is 0. The number of carbonyl (C=O) groups excluding carboxylic acids is 1. The zero-order valence-electron chi connectivity index (χ0n) is 10.2. The van der Waals surface area contributed by atoms with Crippen molar-refractivity contribution in [3.05, 3.63) is 35.1 Å². The van der Waals surface area contributed by atoms with E-state index in [0.29, 0.717) is 17.5 Å². The quantitative estimate of drug-likeness (QED) is 0.822. The van der Waals surface area contributed by atoms with Crippen LogP contribution in [0.4, 0.5) is 4.39 Å². The van der Waals surface area contributed by atoms with Crippen molar-refractivity contribution in [3.8, 4) is 0 Å². The number of esters is 1. The lowest BCUT2D eigenvalue weighted by atomic mass is 9.91. The lowest BCUT2D eigenvalue weighted by Crippen LogP contribution is -2.23. The van der Waals surface area contributed by atoms with Gasteiger partial charge in [-0.2, -0.15) is 0 Å². The number of methoxy groups -OCH3 is 1. The van der Waals surface area contributed by atoms with Crippen LogP contribution in [0.5, 0.6) is 0 Å². The topological polar surface area (TPSA) is 46.5 Å². The molecule has 0 aliphatic carbocycles. The molecule has 2 atom stereocenters. The SMILES string of the molecule is CCC(C(=O)OC)C(O)c1ccc(F)cc1C. The van der Waals surface area contributed by atoms with Crippen molar-refractivity contribution in [2.75, 3.05) is 7.11 Å². The van der Waals surface area contributed by atoms with Gasteiger partial charge >= 0.3 is 5.97 Å². The zero-order valence-corrected chi connectivity index (χ0v) is 10.2. The molecule has 4 heteroatoms. The van der Waals surface area contributed by atoms with Gasteiger partial charge in [0.2, 0.25) is 0 Å². The van der Waals surface area contributed by atoms with Crippen molar-refractivity contribution in [1.82, 2.24) is 0 Å². The molecule has 0 heterocycles. The van der Waals surface area contributed by atoms with Crippen LogP contribution < -0.4 is 0 Å². The van der Waals surface area contributed by atoms with E-state index in [4.69, 9.17) is 0 Å². The normalized spacial score (nSPS) is 14.2. The molecular weight excluding hydrogens is 223 g/mol. The minimum Gasteiger partial charge on any atom is -0.469 e. The molecule has 0 aliphatic rings. The molecule has 17 heavy (non-hydrogen) atoms. The van der Waals surface area contributed by atoms with E-state index >= 15 is 0 Å². The lowest BCUT2D eigenvalue weighted by molar-refractivity contribution is -0.149. The van der Waals surface area contributed by atoms with Crippen LogP contribution in [0, 0.1) is 18.7 Å². The zero-order chi connectivity index (χ0) is 13.0. The highest BCUT2D eigenvalue weighted by Crippen LogP contribution is 2.28. The van der Waals surface area contributed by atoms with Gasteiger partial charge in [0.05, 0.1) is 19.1 Å². The maximum atomic E-state index is 12.9. The summed E-state index contributed by atoms with van der Waals surface area (Å²) in [7, 11) is 1.29. The third kappa shape index (κ3) is 3.03. The predicted molar refractivity (Wildman–Crippen MR) is 61.9 cm³/mol. The Labute approximate surface area is 100 Å². The highest BCUT2D eigenvalue weighted by Gasteiger charge is 2.28. The van der Waals surface area contributed by atoms with E-state index in [-0.39, 0.29) is 5.82 Å². The molecule has 0 spiro atoms. The number of hydrogen-bond acceptors (Lipinski definition) is 3. The smallest absolute Gasteiger partial charge is 0.311 e. The van der Waals surface area contributed by atoms with Gasteiger partial charge in [-0.25, -0.2) is 4.39 Å². The van der Waals surface area contributed by atoms with E-state index in [9.17, 15) is 14.3 Å². The van der Waals surface area contributed by atoms with Crippen molar-refractivity contribution >= 4 is 5.97 Å². The minimum absolute atomic E-state index is 0.357. The maximum Gasteiger partial charge on any atom is 0.311 e. The van der Waals surface area contributed by atoms with E-state index in [2.05, 4.69) is 4.74 Å². The molecule has 0 fully saturated rings. The number of benzene rings is 1. The summed E-state index contributed by atoms with van der Waals surface area (Å²) in [4.78, 5) is 11.5. The lowest BCUT2D eigenvalue weighted by Gasteiger charge is -2.21. The number of hydrogen-bond donors (Lipinski definition) is 1. The maximum absolute atomic E-state index is 12.9. The molecule has 0 saturated heterocycles. The molecule has 1 aromatic carbocycles. The van der Waals surface area contributed by atoms with Crippen LogP contribution in [0.3, 0.4) is 0 Å². The number of ether oxygens (including phenoxy) is 1. The fraction of sp³-hybridized carbons (Fsp3) is 0.462. The summed E-state index contributed by atoms with van der Waals surface area (Å²) in [6, 6.07) is 4.11. The average molecular weight is 240 g/mol. The summed E-state index contributed by atoms with van der Waals surface area (Å²) in [5.41, 5.74) is 1.18. The van der Waals surface area contributed by atoms with E-state index in [1.807, 2.05) is 0 Å². The van der Waals surface area contributed by atoms with Crippen LogP contribution in [0.15, 0.2) is 18.2 Å². The molecule has 94 valence electrons. The van der Waals surface area contributed by atoms with Crippen LogP contribution in [0.1, 0.15) is 30.6 Å². The van der Waals surface area contributed by atoms with Crippen LogP contribution in [0.2, 0.25) is 0 Å². The molecule has 0 aromatic heterocycles. The first-order valence-corrected chi connectivity index (χ1v) is 5.53. The van der Waals surface area contributed by atoms with E-state index < -0.39 is 18.0 Å². The van der Waals surface area contributed by atoms with Gasteiger partial charge in [-0.3, -0.25) is 4.79 Å². The molecule has 1 aromatic rings. The molecule has 3 nitrogen and oxygen atoms in total. The van der Waals surface area contributed by atoms with Crippen molar-refractivity contribution in [2.24, 2.45) is 5.92 Å². The average Bonchev–Trinajstić information content (AvgIpc) is 2.29. The van der Waals surface area contributed by atoms with Gasteiger partial charge in [0, 0.05) is 0 Å². The first-order chi connectivity index (χ1) is 8.01. The Hall–Kier alpha value is -1.42. The molecule has 0 radical (unpaired) electrons. The van der Waals surface area contributed by atoms with Gasteiger partial charge in [-0.1, -0.05) is 13.0 Å². The van der Waals surface area contributed by atoms with E-state index in [0.717, 1.165) is 0 Å². The van der Waals surface area contributed by atoms with E-state index in [1.165, 1.54) is 25.3 Å². The van der Waals surface area contributed by atoms with Gasteiger partial charge < -0.3 is 9.84 Å². The monoisotopic (exact) mass is 240 g/mol. The van der Waals surface area contributed by atoms with Crippen molar-refractivity contribution in [1.29, 1.82) is 0 Å². The Bertz CT molecular complexity index is 404. The van der Waals surface area contributed by atoms with Gasteiger partial charge in [-0.15, -0.1) is 0 Å². The number of aliphatic hydroxyl groups is 1. The highest BCUT2D eigenvalue weighted by atomic mass is 19.1. The molecule has 0 saturated carbocycles. The van der Waals surface area contributed by atoms with Gasteiger partial charge in [-0.05, 0) is 36.6 Å². The summed E-state index contributed by atoms with van der Waals surface area (Å²) in [5, 5.41) is 10.1. The summed E-state index contributed by atoms with van der Waals surface area (Å²) < 4.78 is 17.6. The Morgan fingerprint density at radius 3 is 2.65 bits per heavy atom. The third-order valence-corrected chi connectivity index (χ3v) is 2.88. The largest absolute Gasteiger partial charge is 0.469 e. The molecular formula is C13H17FO3. The third-order valence-electron chi connectivity index (χ3n) is 2.88. The fourth-order valence-electron chi connectivity index (χ4n) is 1.86. The highest BCUT2D eigenvalue weighted by molar-refractivity contribution is 5.73.